The van der Waals surface area contributed by atoms with Crippen LogP contribution in [0.1, 0.15) is 12.0 Å². The molecule has 0 aliphatic carbocycles. The monoisotopic (exact) mass is 331 g/mol. The van der Waals surface area contributed by atoms with Gasteiger partial charge in [0, 0.05) is 13.0 Å². The lowest BCUT2D eigenvalue weighted by Crippen LogP contribution is -2.41. The Bertz CT molecular complexity index is 745. The minimum absolute atomic E-state index is 0.0231. The Kier molecular flexibility index (Phi) is 5.78. The van der Waals surface area contributed by atoms with Crippen molar-refractivity contribution in [2.75, 3.05) is 0 Å². The van der Waals surface area contributed by atoms with E-state index in [4.69, 9.17) is 0 Å². The first-order chi connectivity index (χ1) is 11.1. The van der Waals surface area contributed by atoms with Crippen molar-refractivity contribution in [3.8, 4) is 0 Å². The second kappa shape index (κ2) is 7.80. The highest BCUT2D eigenvalue weighted by Gasteiger charge is 2.31. The number of carbonyl (C=O) groups excluding carboxylic acids is 2. The van der Waals surface area contributed by atoms with Gasteiger partial charge < -0.3 is 9.59 Å². The molecular formula is C17H17NO4S. The third-order valence-electron chi connectivity index (χ3n) is 3.40. The average Bonchev–Trinajstić information content (AvgIpc) is 2.59. The van der Waals surface area contributed by atoms with Crippen molar-refractivity contribution in [1.29, 1.82) is 0 Å². The molecule has 0 bridgehead atoms. The Morgan fingerprint density at radius 2 is 1.48 bits per heavy atom. The molecule has 2 rings (SSSR count). The number of nitrogens with zero attached hydrogens (tertiary/aromatic N) is 1. The molecular weight excluding hydrogens is 314 g/mol. The van der Waals surface area contributed by atoms with E-state index in [0.29, 0.717) is 12.6 Å². The van der Waals surface area contributed by atoms with E-state index in [2.05, 4.69) is 0 Å². The summed E-state index contributed by atoms with van der Waals surface area (Å²) in [6, 6.07) is 15.8. The first-order valence-corrected chi connectivity index (χ1v) is 8.53. The van der Waals surface area contributed by atoms with Crippen LogP contribution in [0, 0.1) is 0 Å². The van der Waals surface area contributed by atoms with Gasteiger partial charge >= 0.3 is 0 Å². The van der Waals surface area contributed by atoms with Crippen LogP contribution in [-0.4, -0.2) is 31.3 Å². The molecule has 2 aromatic carbocycles. The molecule has 6 heteroatoms. The number of aldehydes is 2. The predicted molar refractivity (Wildman–Crippen MR) is 86.1 cm³/mol. The molecule has 0 radical (unpaired) electrons. The van der Waals surface area contributed by atoms with Crippen molar-refractivity contribution in [1.82, 2.24) is 4.31 Å². The van der Waals surface area contributed by atoms with Crippen LogP contribution in [-0.2, 0) is 26.2 Å². The lowest BCUT2D eigenvalue weighted by atomic mass is 10.2. The third kappa shape index (κ3) is 4.12. The quantitative estimate of drug-likeness (QED) is 0.694. The molecule has 0 aromatic heterocycles. The second-order valence-corrected chi connectivity index (χ2v) is 6.85. The first kappa shape index (κ1) is 17.1. The summed E-state index contributed by atoms with van der Waals surface area (Å²) in [5.41, 5.74) is 0.741. The zero-order chi connectivity index (χ0) is 16.7. The van der Waals surface area contributed by atoms with E-state index >= 15 is 0 Å². The van der Waals surface area contributed by atoms with Crippen molar-refractivity contribution in [3.05, 3.63) is 66.2 Å². The number of hydrogen-bond acceptors (Lipinski definition) is 4. The van der Waals surface area contributed by atoms with Gasteiger partial charge in [0.25, 0.3) is 0 Å². The van der Waals surface area contributed by atoms with Crippen LogP contribution >= 0.6 is 0 Å². The molecule has 0 aliphatic rings. The molecule has 1 atom stereocenters. The van der Waals surface area contributed by atoms with Gasteiger partial charge in [0.2, 0.25) is 10.0 Å². The Morgan fingerprint density at radius 3 is 2.00 bits per heavy atom. The number of carbonyl (C=O) groups is 2. The van der Waals surface area contributed by atoms with Crippen molar-refractivity contribution in [2.24, 2.45) is 0 Å². The molecule has 0 unspecified atom stereocenters. The van der Waals surface area contributed by atoms with Gasteiger partial charge in [-0.05, 0) is 17.7 Å². The van der Waals surface area contributed by atoms with Gasteiger partial charge in [0.15, 0.2) is 0 Å². The largest absolute Gasteiger partial charge is 0.303 e. The van der Waals surface area contributed by atoms with E-state index < -0.39 is 16.1 Å². The number of rotatable bonds is 8. The van der Waals surface area contributed by atoms with Gasteiger partial charge in [-0.1, -0.05) is 48.5 Å². The van der Waals surface area contributed by atoms with Crippen molar-refractivity contribution < 1.29 is 18.0 Å². The van der Waals surface area contributed by atoms with Crippen LogP contribution in [0.5, 0.6) is 0 Å². The lowest BCUT2D eigenvalue weighted by molar-refractivity contribution is -0.115. The first-order valence-electron chi connectivity index (χ1n) is 7.09. The van der Waals surface area contributed by atoms with Crippen LogP contribution in [0.3, 0.4) is 0 Å². The zero-order valence-corrected chi connectivity index (χ0v) is 13.2. The zero-order valence-electron chi connectivity index (χ0n) is 12.4. The maximum atomic E-state index is 12.9. The van der Waals surface area contributed by atoms with E-state index in [9.17, 15) is 18.0 Å². The van der Waals surface area contributed by atoms with Gasteiger partial charge in [-0.3, -0.25) is 0 Å². The maximum absolute atomic E-state index is 12.9. The van der Waals surface area contributed by atoms with Crippen LogP contribution in [0.15, 0.2) is 65.6 Å². The normalized spacial score (nSPS) is 12.7. The fourth-order valence-electron chi connectivity index (χ4n) is 2.21. The number of sulfonamides is 1. The Balaban J connectivity index is 2.44. The van der Waals surface area contributed by atoms with E-state index in [-0.39, 0.29) is 17.9 Å². The molecule has 0 aliphatic heterocycles. The SMILES string of the molecule is O=CC[C@@H](C=O)N(Cc1ccccc1)S(=O)(=O)c1ccccc1. The maximum Gasteiger partial charge on any atom is 0.244 e. The molecule has 0 N–H and O–H groups in total. The van der Waals surface area contributed by atoms with Gasteiger partial charge in [-0.15, -0.1) is 0 Å². The predicted octanol–water partition coefficient (Wildman–Crippen LogP) is 2.03. The molecule has 0 saturated heterocycles. The summed E-state index contributed by atoms with van der Waals surface area (Å²) in [6.07, 6.45) is 0.873. The summed E-state index contributed by atoms with van der Waals surface area (Å²) in [5, 5.41) is 0. The summed E-state index contributed by atoms with van der Waals surface area (Å²) >= 11 is 0. The average molecular weight is 331 g/mol. The highest BCUT2D eigenvalue weighted by Crippen LogP contribution is 2.21. The summed E-state index contributed by atoms with van der Waals surface area (Å²) in [4.78, 5) is 22.2. The highest BCUT2D eigenvalue weighted by atomic mass is 32.2. The van der Waals surface area contributed by atoms with Gasteiger partial charge in [-0.25, -0.2) is 8.42 Å². The standard InChI is InChI=1S/C17H17NO4S/c19-12-11-16(14-20)18(13-15-7-3-1-4-8-15)23(21,22)17-9-5-2-6-10-17/h1-10,12,14,16H,11,13H2/t16-/m0/s1. The molecule has 0 heterocycles. The van der Waals surface area contributed by atoms with Crippen molar-refractivity contribution in [3.63, 3.8) is 0 Å². The van der Waals surface area contributed by atoms with Gasteiger partial charge in [0.05, 0.1) is 10.9 Å². The van der Waals surface area contributed by atoms with Crippen molar-refractivity contribution in [2.45, 2.75) is 23.9 Å². The summed E-state index contributed by atoms with van der Waals surface area (Å²) in [7, 11) is -3.89. The van der Waals surface area contributed by atoms with Crippen LogP contribution in [0.4, 0.5) is 0 Å². The van der Waals surface area contributed by atoms with E-state index in [1.54, 1.807) is 42.5 Å². The summed E-state index contributed by atoms with van der Waals surface area (Å²) in [5.74, 6) is 0. The molecule has 23 heavy (non-hydrogen) atoms. The molecule has 2 aromatic rings. The fraction of sp³-hybridized carbons (Fsp3) is 0.176. The smallest absolute Gasteiger partial charge is 0.244 e. The highest BCUT2D eigenvalue weighted by molar-refractivity contribution is 7.89. The summed E-state index contributed by atoms with van der Waals surface area (Å²) in [6.45, 7) is 0.0231. The van der Waals surface area contributed by atoms with Gasteiger partial charge in [-0.2, -0.15) is 4.31 Å². The number of hydrogen-bond donors (Lipinski definition) is 0. The Morgan fingerprint density at radius 1 is 0.913 bits per heavy atom. The minimum Gasteiger partial charge on any atom is -0.303 e. The van der Waals surface area contributed by atoms with Crippen LogP contribution < -0.4 is 0 Å². The number of benzene rings is 2. The molecule has 5 nitrogen and oxygen atoms in total. The van der Waals surface area contributed by atoms with Crippen molar-refractivity contribution >= 4 is 22.6 Å². The summed E-state index contributed by atoms with van der Waals surface area (Å²) < 4.78 is 26.8. The van der Waals surface area contributed by atoms with E-state index in [0.717, 1.165) is 9.87 Å². The Labute approximate surface area is 135 Å². The van der Waals surface area contributed by atoms with Gasteiger partial charge in [0.1, 0.15) is 12.6 Å². The molecule has 0 spiro atoms. The second-order valence-electron chi connectivity index (χ2n) is 4.95. The molecule has 0 saturated carbocycles. The fourth-order valence-corrected chi connectivity index (χ4v) is 3.79. The van der Waals surface area contributed by atoms with Crippen LogP contribution in [0.2, 0.25) is 0 Å². The molecule has 0 fully saturated rings. The molecule has 120 valence electrons. The minimum atomic E-state index is -3.89. The van der Waals surface area contributed by atoms with E-state index in [1.165, 1.54) is 12.1 Å². The Hall–Kier alpha value is -2.31. The lowest BCUT2D eigenvalue weighted by Gasteiger charge is -2.26. The van der Waals surface area contributed by atoms with Crippen LogP contribution in [0.25, 0.3) is 0 Å². The van der Waals surface area contributed by atoms with E-state index in [1.807, 2.05) is 6.07 Å². The third-order valence-corrected chi connectivity index (χ3v) is 5.28. The topological polar surface area (TPSA) is 71.5 Å². The molecule has 0 amide bonds.